The fourth-order valence-corrected chi connectivity index (χ4v) is 1.63. The first-order valence-electron chi connectivity index (χ1n) is 5.74. The lowest BCUT2D eigenvalue weighted by molar-refractivity contribution is -0.117. The molecule has 3 nitrogen and oxygen atoms in total. The molecule has 0 unspecified atom stereocenters. The van der Waals surface area contributed by atoms with Crippen molar-refractivity contribution in [1.29, 1.82) is 0 Å². The molecule has 3 N–H and O–H groups in total. The van der Waals surface area contributed by atoms with Crippen LogP contribution in [0.3, 0.4) is 0 Å². The Bertz CT molecular complexity index is 332. The molecular formula is C13H20N2O. The topological polar surface area (TPSA) is 55.1 Å². The van der Waals surface area contributed by atoms with E-state index in [1.54, 1.807) is 0 Å². The van der Waals surface area contributed by atoms with Crippen LogP contribution in [0.1, 0.15) is 37.4 Å². The highest BCUT2D eigenvalue weighted by Crippen LogP contribution is 2.13. The molecule has 0 fully saturated rings. The van der Waals surface area contributed by atoms with Gasteiger partial charge in [-0.2, -0.15) is 0 Å². The lowest BCUT2D eigenvalue weighted by atomic mass is 10.0. The first-order valence-corrected chi connectivity index (χ1v) is 5.74. The molecule has 0 aliphatic heterocycles. The zero-order valence-corrected chi connectivity index (χ0v) is 9.99. The maximum Gasteiger partial charge on any atom is 0.231 e. The molecule has 0 saturated heterocycles. The number of benzene rings is 1. The van der Waals surface area contributed by atoms with E-state index in [-0.39, 0.29) is 18.5 Å². The number of hydrogen-bond donors (Lipinski definition) is 2. The minimum atomic E-state index is -0.325. The Morgan fingerprint density at radius 2 is 2.00 bits per heavy atom. The largest absolute Gasteiger partial charge is 0.369 e. The van der Waals surface area contributed by atoms with Crippen LogP contribution in [0.4, 0.5) is 0 Å². The van der Waals surface area contributed by atoms with Crippen LogP contribution in [0, 0.1) is 0 Å². The SMILES string of the molecule is CCCc1ccc([C@@H](C)NCC(N)=O)cc1. The van der Waals surface area contributed by atoms with E-state index in [0.717, 1.165) is 12.8 Å². The highest BCUT2D eigenvalue weighted by atomic mass is 16.1. The number of hydrogen-bond acceptors (Lipinski definition) is 2. The van der Waals surface area contributed by atoms with E-state index in [1.807, 2.05) is 6.92 Å². The molecular weight excluding hydrogens is 200 g/mol. The predicted molar refractivity (Wildman–Crippen MR) is 66.0 cm³/mol. The number of nitrogens with one attached hydrogen (secondary N) is 1. The van der Waals surface area contributed by atoms with E-state index in [2.05, 4.69) is 36.5 Å². The number of aryl methyl sites for hydroxylation is 1. The Hall–Kier alpha value is -1.35. The van der Waals surface area contributed by atoms with Gasteiger partial charge in [-0.1, -0.05) is 37.6 Å². The molecule has 1 amide bonds. The summed E-state index contributed by atoms with van der Waals surface area (Å²) < 4.78 is 0. The Morgan fingerprint density at radius 3 is 2.50 bits per heavy atom. The van der Waals surface area contributed by atoms with E-state index in [4.69, 9.17) is 5.73 Å². The number of carbonyl (C=O) groups is 1. The lowest BCUT2D eigenvalue weighted by Gasteiger charge is -2.13. The second kappa shape index (κ2) is 6.28. The number of rotatable bonds is 6. The van der Waals surface area contributed by atoms with Crippen molar-refractivity contribution in [1.82, 2.24) is 5.32 Å². The van der Waals surface area contributed by atoms with E-state index in [0.29, 0.717) is 0 Å². The number of nitrogens with two attached hydrogens (primary N) is 1. The highest BCUT2D eigenvalue weighted by molar-refractivity contribution is 5.75. The Balaban J connectivity index is 2.55. The second-order valence-corrected chi connectivity index (χ2v) is 4.06. The van der Waals surface area contributed by atoms with Crippen LogP contribution in [0.25, 0.3) is 0 Å². The summed E-state index contributed by atoms with van der Waals surface area (Å²) >= 11 is 0. The highest BCUT2D eigenvalue weighted by Gasteiger charge is 2.05. The van der Waals surface area contributed by atoms with Gasteiger partial charge >= 0.3 is 0 Å². The molecule has 3 heteroatoms. The number of carbonyl (C=O) groups excluding carboxylic acids is 1. The number of amides is 1. The van der Waals surface area contributed by atoms with E-state index >= 15 is 0 Å². The van der Waals surface area contributed by atoms with Gasteiger partial charge in [0.25, 0.3) is 0 Å². The molecule has 0 saturated carbocycles. The third kappa shape index (κ3) is 4.03. The summed E-state index contributed by atoms with van der Waals surface area (Å²) in [5.41, 5.74) is 7.62. The van der Waals surface area contributed by atoms with Crippen LogP contribution in [0.2, 0.25) is 0 Å². The van der Waals surface area contributed by atoms with Crippen LogP contribution >= 0.6 is 0 Å². The maximum atomic E-state index is 10.6. The van der Waals surface area contributed by atoms with Crippen molar-refractivity contribution < 1.29 is 4.79 Å². The van der Waals surface area contributed by atoms with Gasteiger partial charge in [0.15, 0.2) is 0 Å². The molecule has 0 radical (unpaired) electrons. The molecule has 88 valence electrons. The molecule has 1 atom stereocenters. The second-order valence-electron chi connectivity index (χ2n) is 4.06. The van der Waals surface area contributed by atoms with Crippen molar-refractivity contribution in [3.05, 3.63) is 35.4 Å². The molecule has 0 aromatic heterocycles. The van der Waals surface area contributed by atoms with Crippen molar-refractivity contribution in [2.45, 2.75) is 32.7 Å². The van der Waals surface area contributed by atoms with E-state index in [9.17, 15) is 4.79 Å². The maximum absolute atomic E-state index is 10.6. The summed E-state index contributed by atoms with van der Waals surface area (Å²) in [5.74, 6) is -0.325. The molecule has 1 aromatic rings. The zero-order chi connectivity index (χ0) is 12.0. The first kappa shape index (κ1) is 12.7. The fourth-order valence-electron chi connectivity index (χ4n) is 1.63. The summed E-state index contributed by atoms with van der Waals surface area (Å²) in [6.07, 6.45) is 2.28. The quantitative estimate of drug-likeness (QED) is 0.767. The molecule has 0 aliphatic carbocycles. The van der Waals surface area contributed by atoms with Crippen molar-refractivity contribution in [2.75, 3.05) is 6.54 Å². The molecule has 0 aliphatic rings. The van der Waals surface area contributed by atoms with Crippen molar-refractivity contribution in [2.24, 2.45) is 5.73 Å². The Kier molecular flexibility index (Phi) is 4.99. The summed E-state index contributed by atoms with van der Waals surface area (Å²) in [7, 11) is 0. The smallest absolute Gasteiger partial charge is 0.231 e. The normalized spacial score (nSPS) is 12.4. The van der Waals surface area contributed by atoms with E-state index < -0.39 is 0 Å². The Labute approximate surface area is 97.0 Å². The van der Waals surface area contributed by atoms with Crippen LogP contribution in [0.15, 0.2) is 24.3 Å². The van der Waals surface area contributed by atoms with Crippen molar-refractivity contribution >= 4 is 5.91 Å². The van der Waals surface area contributed by atoms with Gasteiger partial charge in [-0.3, -0.25) is 4.79 Å². The van der Waals surface area contributed by atoms with Crippen molar-refractivity contribution in [3.63, 3.8) is 0 Å². The summed E-state index contributed by atoms with van der Waals surface area (Å²) in [6.45, 7) is 4.42. The average Bonchev–Trinajstić information content (AvgIpc) is 2.27. The monoisotopic (exact) mass is 220 g/mol. The van der Waals surface area contributed by atoms with Crippen LogP contribution in [-0.2, 0) is 11.2 Å². The van der Waals surface area contributed by atoms with E-state index in [1.165, 1.54) is 11.1 Å². The van der Waals surface area contributed by atoms with Gasteiger partial charge in [0.2, 0.25) is 5.91 Å². The van der Waals surface area contributed by atoms with Gasteiger partial charge in [0, 0.05) is 6.04 Å². The molecule has 1 rings (SSSR count). The van der Waals surface area contributed by atoms with Crippen LogP contribution < -0.4 is 11.1 Å². The lowest BCUT2D eigenvalue weighted by Crippen LogP contribution is -2.30. The minimum absolute atomic E-state index is 0.156. The minimum Gasteiger partial charge on any atom is -0.369 e. The van der Waals surface area contributed by atoms with Crippen LogP contribution in [0.5, 0.6) is 0 Å². The standard InChI is InChI=1S/C13H20N2O/c1-3-4-11-5-7-12(8-6-11)10(2)15-9-13(14)16/h5-8,10,15H,3-4,9H2,1-2H3,(H2,14,16)/t10-/m1/s1. The van der Waals surface area contributed by atoms with Crippen molar-refractivity contribution in [3.8, 4) is 0 Å². The van der Waals surface area contributed by atoms with Gasteiger partial charge in [-0.15, -0.1) is 0 Å². The van der Waals surface area contributed by atoms with Gasteiger partial charge in [0.1, 0.15) is 0 Å². The van der Waals surface area contributed by atoms with Gasteiger partial charge in [0.05, 0.1) is 6.54 Å². The van der Waals surface area contributed by atoms with Gasteiger partial charge in [-0.05, 0) is 24.5 Å². The first-order chi connectivity index (χ1) is 7.63. The fraction of sp³-hybridized carbons (Fsp3) is 0.462. The molecule has 16 heavy (non-hydrogen) atoms. The predicted octanol–water partition coefficient (Wildman–Crippen LogP) is 1.77. The molecule has 0 spiro atoms. The number of primary amides is 1. The molecule has 0 bridgehead atoms. The third-order valence-electron chi connectivity index (χ3n) is 2.60. The molecule has 1 aromatic carbocycles. The third-order valence-corrected chi connectivity index (χ3v) is 2.60. The summed E-state index contributed by atoms with van der Waals surface area (Å²) in [4.78, 5) is 10.6. The zero-order valence-electron chi connectivity index (χ0n) is 9.99. The average molecular weight is 220 g/mol. The summed E-state index contributed by atoms with van der Waals surface area (Å²) in [5, 5.41) is 3.08. The van der Waals surface area contributed by atoms with Gasteiger partial charge in [-0.25, -0.2) is 0 Å². The summed E-state index contributed by atoms with van der Waals surface area (Å²) in [6, 6.07) is 8.64. The van der Waals surface area contributed by atoms with Crippen LogP contribution in [-0.4, -0.2) is 12.5 Å². The van der Waals surface area contributed by atoms with Gasteiger partial charge < -0.3 is 11.1 Å². The Morgan fingerprint density at radius 1 is 1.38 bits per heavy atom. The molecule has 0 heterocycles.